The van der Waals surface area contributed by atoms with Crippen molar-refractivity contribution in [2.75, 3.05) is 0 Å². The second kappa shape index (κ2) is 5.22. The molecule has 0 fully saturated rings. The number of halogens is 1. The molecule has 1 aromatic heterocycles. The van der Waals surface area contributed by atoms with E-state index in [1.165, 1.54) is 22.0 Å². The van der Waals surface area contributed by atoms with Crippen molar-refractivity contribution in [3.8, 4) is 11.1 Å². The predicted molar refractivity (Wildman–Crippen MR) is 85.4 cm³/mol. The molecule has 3 rings (SSSR count). The zero-order valence-corrected chi connectivity index (χ0v) is 12.5. The highest BCUT2D eigenvalue weighted by atomic mass is 79.9. The van der Waals surface area contributed by atoms with E-state index < -0.39 is 0 Å². The molecule has 0 aliphatic rings. The van der Waals surface area contributed by atoms with Gasteiger partial charge in [-0.05, 0) is 47.9 Å². The zero-order chi connectivity index (χ0) is 13.2. The molecule has 0 amide bonds. The van der Waals surface area contributed by atoms with Gasteiger partial charge in [-0.25, -0.2) is 0 Å². The number of aryl methyl sites for hydroxylation is 1. The van der Waals surface area contributed by atoms with Crippen LogP contribution in [-0.4, -0.2) is 4.57 Å². The molecule has 96 valence electrons. The van der Waals surface area contributed by atoms with E-state index in [0.717, 1.165) is 17.4 Å². The van der Waals surface area contributed by atoms with Crippen molar-refractivity contribution in [3.05, 3.63) is 59.2 Å². The average molecular weight is 314 g/mol. The monoisotopic (exact) mass is 313 g/mol. The molecule has 1 nitrogen and oxygen atoms in total. The maximum Gasteiger partial charge on any atom is 0.0480 e. The molecule has 0 saturated heterocycles. The summed E-state index contributed by atoms with van der Waals surface area (Å²) in [6.45, 7) is 3.29. The van der Waals surface area contributed by atoms with E-state index in [1.54, 1.807) is 0 Å². The van der Waals surface area contributed by atoms with Crippen molar-refractivity contribution >= 4 is 26.8 Å². The van der Waals surface area contributed by atoms with Crippen LogP contribution in [0.5, 0.6) is 0 Å². The highest BCUT2D eigenvalue weighted by Crippen LogP contribution is 2.26. The molecule has 0 N–H and O–H groups in total. The maximum absolute atomic E-state index is 3.48. The van der Waals surface area contributed by atoms with Crippen molar-refractivity contribution in [2.45, 2.75) is 19.9 Å². The van der Waals surface area contributed by atoms with E-state index in [0.29, 0.717) is 0 Å². The number of rotatable bonds is 3. The summed E-state index contributed by atoms with van der Waals surface area (Å²) < 4.78 is 3.44. The Bertz CT molecular complexity index is 695. The molecule has 0 saturated carbocycles. The molecule has 0 atom stereocenters. The highest BCUT2D eigenvalue weighted by molar-refractivity contribution is 9.10. The van der Waals surface area contributed by atoms with Crippen LogP contribution in [0.1, 0.15) is 13.3 Å². The summed E-state index contributed by atoms with van der Waals surface area (Å²) in [6.07, 6.45) is 3.35. The van der Waals surface area contributed by atoms with Gasteiger partial charge in [-0.1, -0.05) is 41.1 Å². The van der Waals surface area contributed by atoms with Crippen LogP contribution in [0.15, 0.2) is 59.2 Å². The summed E-state index contributed by atoms with van der Waals surface area (Å²) in [7, 11) is 0. The normalized spacial score (nSPS) is 11.1. The third kappa shape index (κ3) is 2.45. The number of hydrogen-bond donors (Lipinski definition) is 0. The maximum atomic E-state index is 3.48. The zero-order valence-electron chi connectivity index (χ0n) is 10.9. The molecule has 0 spiro atoms. The first-order valence-corrected chi connectivity index (χ1v) is 7.42. The number of hydrogen-bond acceptors (Lipinski definition) is 0. The third-order valence-electron chi connectivity index (χ3n) is 3.41. The van der Waals surface area contributed by atoms with Crippen LogP contribution in [0.2, 0.25) is 0 Å². The second-order valence-electron chi connectivity index (χ2n) is 4.79. The van der Waals surface area contributed by atoms with Crippen molar-refractivity contribution in [2.24, 2.45) is 0 Å². The van der Waals surface area contributed by atoms with Gasteiger partial charge in [0.1, 0.15) is 0 Å². The molecule has 0 unspecified atom stereocenters. The topological polar surface area (TPSA) is 4.93 Å². The van der Waals surface area contributed by atoms with Gasteiger partial charge in [-0.15, -0.1) is 0 Å². The molecule has 2 aromatic carbocycles. The molecular formula is C17H16BrN. The van der Waals surface area contributed by atoms with Crippen LogP contribution in [0.3, 0.4) is 0 Å². The predicted octanol–water partition coefficient (Wildman–Crippen LogP) is 5.48. The SMILES string of the molecule is CCCn1ccc2cc(-c3ccc(Br)cc3)ccc21. The summed E-state index contributed by atoms with van der Waals surface area (Å²) in [5, 5.41) is 1.31. The van der Waals surface area contributed by atoms with Gasteiger partial charge in [-0.3, -0.25) is 0 Å². The summed E-state index contributed by atoms with van der Waals surface area (Å²) >= 11 is 3.48. The van der Waals surface area contributed by atoms with Crippen LogP contribution >= 0.6 is 15.9 Å². The van der Waals surface area contributed by atoms with Crippen molar-refractivity contribution in [1.29, 1.82) is 0 Å². The molecule has 1 heterocycles. The quantitative estimate of drug-likeness (QED) is 0.603. The number of benzene rings is 2. The minimum atomic E-state index is 1.08. The summed E-state index contributed by atoms with van der Waals surface area (Å²) in [5.74, 6) is 0. The lowest BCUT2D eigenvalue weighted by molar-refractivity contribution is 0.703. The molecular weight excluding hydrogens is 298 g/mol. The Morgan fingerprint density at radius 3 is 2.42 bits per heavy atom. The second-order valence-corrected chi connectivity index (χ2v) is 5.71. The standard InChI is InChI=1S/C17H16BrN/c1-2-10-19-11-9-15-12-14(5-8-17(15)19)13-3-6-16(18)7-4-13/h3-9,11-12H,2,10H2,1H3. The molecule has 3 aromatic rings. The number of aromatic nitrogens is 1. The van der Waals surface area contributed by atoms with Gasteiger partial charge in [0.15, 0.2) is 0 Å². The van der Waals surface area contributed by atoms with Crippen LogP contribution < -0.4 is 0 Å². The molecule has 0 aliphatic heterocycles. The van der Waals surface area contributed by atoms with E-state index in [-0.39, 0.29) is 0 Å². The molecule has 0 aliphatic carbocycles. The molecule has 19 heavy (non-hydrogen) atoms. The van der Waals surface area contributed by atoms with E-state index >= 15 is 0 Å². The van der Waals surface area contributed by atoms with Crippen LogP contribution in [0, 0.1) is 0 Å². The minimum absolute atomic E-state index is 1.08. The van der Waals surface area contributed by atoms with E-state index in [2.05, 4.69) is 82.1 Å². The Morgan fingerprint density at radius 2 is 1.68 bits per heavy atom. The van der Waals surface area contributed by atoms with Gasteiger partial charge < -0.3 is 4.57 Å². The van der Waals surface area contributed by atoms with Gasteiger partial charge in [0.25, 0.3) is 0 Å². The lowest BCUT2D eigenvalue weighted by Gasteiger charge is -2.05. The first-order chi connectivity index (χ1) is 9.28. The van der Waals surface area contributed by atoms with Crippen LogP contribution in [0.25, 0.3) is 22.0 Å². The number of nitrogens with zero attached hydrogens (tertiary/aromatic N) is 1. The van der Waals surface area contributed by atoms with Crippen LogP contribution in [-0.2, 0) is 6.54 Å². The molecule has 0 bridgehead atoms. The average Bonchev–Trinajstić information content (AvgIpc) is 2.83. The van der Waals surface area contributed by atoms with Gasteiger partial charge in [-0.2, -0.15) is 0 Å². The van der Waals surface area contributed by atoms with Gasteiger partial charge in [0.2, 0.25) is 0 Å². The Morgan fingerprint density at radius 1 is 0.947 bits per heavy atom. The van der Waals surface area contributed by atoms with E-state index in [4.69, 9.17) is 0 Å². The first-order valence-electron chi connectivity index (χ1n) is 6.63. The summed E-state index contributed by atoms with van der Waals surface area (Å²) in [6, 6.07) is 17.4. The fraction of sp³-hybridized carbons (Fsp3) is 0.176. The lowest BCUT2D eigenvalue weighted by Crippen LogP contribution is -1.93. The summed E-state index contributed by atoms with van der Waals surface area (Å²) in [5.41, 5.74) is 3.85. The smallest absolute Gasteiger partial charge is 0.0480 e. The Hall–Kier alpha value is -1.54. The highest BCUT2D eigenvalue weighted by Gasteiger charge is 2.03. The Kier molecular flexibility index (Phi) is 3.43. The van der Waals surface area contributed by atoms with Crippen molar-refractivity contribution < 1.29 is 0 Å². The van der Waals surface area contributed by atoms with Gasteiger partial charge in [0.05, 0.1) is 0 Å². The largest absolute Gasteiger partial charge is 0.347 e. The Balaban J connectivity index is 2.04. The van der Waals surface area contributed by atoms with Gasteiger partial charge >= 0.3 is 0 Å². The van der Waals surface area contributed by atoms with Crippen molar-refractivity contribution in [1.82, 2.24) is 4.57 Å². The third-order valence-corrected chi connectivity index (χ3v) is 3.94. The minimum Gasteiger partial charge on any atom is -0.347 e. The molecule has 0 radical (unpaired) electrons. The first kappa shape index (κ1) is 12.5. The van der Waals surface area contributed by atoms with Gasteiger partial charge in [0, 0.05) is 28.1 Å². The van der Waals surface area contributed by atoms with Crippen molar-refractivity contribution in [3.63, 3.8) is 0 Å². The summed E-state index contributed by atoms with van der Waals surface area (Å²) in [4.78, 5) is 0. The van der Waals surface area contributed by atoms with Crippen LogP contribution in [0.4, 0.5) is 0 Å². The van der Waals surface area contributed by atoms with E-state index in [9.17, 15) is 0 Å². The number of fused-ring (bicyclic) bond motifs is 1. The fourth-order valence-electron chi connectivity index (χ4n) is 2.46. The Labute approximate surface area is 122 Å². The molecule has 2 heteroatoms. The van der Waals surface area contributed by atoms with E-state index in [1.807, 2.05) is 0 Å². The lowest BCUT2D eigenvalue weighted by atomic mass is 10.0. The fourth-order valence-corrected chi connectivity index (χ4v) is 2.72.